The number of carbonyl (C=O) groups excluding carboxylic acids is 1. The van der Waals surface area contributed by atoms with E-state index in [1.165, 1.54) is 11.3 Å². The smallest absolute Gasteiger partial charge is 0.260 e. The van der Waals surface area contributed by atoms with Crippen LogP contribution >= 0.6 is 11.3 Å². The Balaban J connectivity index is 1.55. The molecule has 3 heterocycles. The van der Waals surface area contributed by atoms with E-state index in [2.05, 4.69) is 4.98 Å². The van der Waals surface area contributed by atoms with Crippen molar-refractivity contribution in [3.63, 3.8) is 0 Å². The second-order valence-electron chi connectivity index (χ2n) is 6.37. The fourth-order valence-electron chi connectivity index (χ4n) is 3.11. The van der Waals surface area contributed by atoms with Gasteiger partial charge in [0, 0.05) is 11.6 Å². The molecule has 8 heteroatoms. The molecule has 1 aliphatic rings. The summed E-state index contributed by atoms with van der Waals surface area (Å²) in [5.74, 6) is 2.37. The van der Waals surface area contributed by atoms with Gasteiger partial charge in [-0.2, -0.15) is 0 Å². The number of amides is 1. The molecule has 4 aromatic rings. The molecule has 0 fully saturated rings. The summed E-state index contributed by atoms with van der Waals surface area (Å²) in [5, 5.41) is 0.576. The molecule has 1 amide bonds. The van der Waals surface area contributed by atoms with Gasteiger partial charge >= 0.3 is 0 Å². The topological polar surface area (TPSA) is 74.0 Å². The van der Waals surface area contributed by atoms with Crippen molar-refractivity contribution in [3.8, 4) is 17.2 Å². The molecule has 0 saturated carbocycles. The van der Waals surface area contributed by atoms with E-state index >= 15 is 0 Å². The van der Waals surface area contributed by atoms with E-state index in [9.17, 15) is 4.79 Å². The van der Waals surface area contributed by atoms with E-state index in [1.54, 1.807) is 42.5 Å². The van der Waals surface area contributed by atoms with Crippen LogP contribution in [0.25, 0.3) is 10.2 Å². The van der Waals surface area contributed by atoms with Gasteiger partial charge in [-0.05, 0) is 42.5 Å². The largest absolute Gasteiger partial charge is 0.497 e. The van der Waals surface area contributed by atoms with Crippen LogP contribution in [-0.4, -0.2) is 24.8 Å². The molecule has 0 spiro atoms. The second-order valence-corrected chi connectivity index (χ2v) is 7.38. The Morgan fingerprint density at radius 2 is 2.07 bits per heavy atom. The highest BCUT2D eigenvalue weighted by molar-refractivity contribution is 7.22. The number of hydrogen-bond donors (Lipinski definition) is 0. The van der Waals surface area contributed by atoms with Crippen LogP contribution in [0.4, 0.5) is 5.13 Å². The van der Waals surface area contributed by atoms with E-state index in [1.807, 2.05) is 24.3 Å². The SMILES string of the molecule is COc1ccc2sc(N(Cc3ccco3)C(=O)c3ccc4c(c3)OCO4)nc2c1. The number of furan rings is 1. The lowest BCUT2D eigenvalue weighted by Crippen LogP contribution is -2.30. The first-order valence-electron chi connectivity index (χ1n) is 8.90. The van der Waals surface area contributed by atoms with Gasteiger partial charge in [0.25, 0.3) is 5.91 Å². The summed E-state index contributed by atoms with van der Waals surface area (Å²) >= 11 is 1.44. The molecule has 7 nitrogen and oxygen atoms in total. The second kappa shape index (κ2) is 7.14. The maximum absolute atomic E-state index is 13.4. The number of rotatable bonds is 5. The van der Waals surface area contributed by atoms with Crippen molar-refractivity contribution in [2.75, 3.05) is 18.8 Å². The zero-order valence-corrected chi connectivity index (χ0v) is 16.3. The normalized spacial score (nSPS) is 12.3. The lowest BCUT2D eigenvalue weighted by molar-refractivity contribution is 0.0983. The predicted octanol–water partition coefficient (Wildman–Crippen LogP) is 4.47. The van der Waals surface area contributed by atoms with Crippen LogP contribution in [0.3, 0.4) is 0 Å². The molecule has 146 valence electrons. The number of carbonyl (C=O) groups is 1. The van der Waals surface area contributed by atoms with Crippen molar-refractivity contribution in [3.05, 3.63) is 66.1 Å². The monoisotopic (exact) mass is 408 g/mol. The van der Waals surface area contributed by atoms with Crippen molar-refractivity contribution in [1.29, 1.82) is 0 Å². The van der Waals surface area contributed by atoms with Crippen molar-refractivity contribution in [1.82, 2.24) is 4.98 Å². The van der Waals surface area contributed by atoms with E-state index in [-0.39, 0.29) is 19.2 Å². The average Bonchev–Trinajstić information content (AvgIpc) is 3.50. The summed E-state index contributed by atoms with van der Waals surface area (Å²) in [7, 11) is 1.61. The van der Waals surface area contributed by atoms with Crippen molar-refractivity contribution in [2.45, 2.75) is 6.54 Å². The van der Waals surface area contributed by atoms with Crippen LogP contribution < -0.4 is 19.1 Å². The fourth-order valence-corrected chi connectivity index (χ4v) is 4.05. The highest BCUT2D eigenvalue weighted by atomic mass is 32.1. The average molecular weight is 408 g/mol. The first-order valence-corrected chi connectivity index (χ1v) is 9.71. The number of anilines is 1. The molecule has 0 N–H and O–H groups in total. The van der Waals surface area contributed by atoms with Crippen LogP contribution in [0, 0.1) is 0 Å². The highest BCUT2D eigenvalue weighted by Crippen LogP contribution is 2.35. The maximum Gasteiger partial charge on any atom is 0.260 e. The lowest BCUT2D eigenvalue weighted by atomic mass is 10.1. The molecule has 2 aromatic heterocycles. The minimum Gasteiger partial charge on any atom is -0.497 e. The third-order valence-electron chi connectivity index (χ3n) is 4.57. The van der Waals surface area contributed by atoms with Gasteiger partial charge in [0.2, 0.25) is 6.79 Å². The lowest BCUT2D eigenvalue weighted by Gasteiger charge is -2.19. The minimum atomic E-state index is -0.203. The number of methoxy groups -OCH3 is 1. The molecule has 29 heavy (non-hydrogen) atoms. The number of benzene rings is 2. The van der Waals surface area contributed by atoms with Crippen LogP contribution in [0.5, 0.6) is 17.2 Å². The van der Waals surface area contributed by atoms with Gasteiger partial charge in [-0.15, -0.1) is 0 Å². The highest BCUT2D eigenvalue weighted by Gasteiger charge is 2.25. The number of aromatic nitrogens is 1. The summed E-state index contributed by atoms with van der Waals surface area (Å²) in [5.41, 5.74) is 1.25. The van der Waals surface area contributed by atoms with Gasteiger partial charge in [0.05, 0.1) is 30.1 Å². The summed E-state index contributed by atoms with van der Waals surface area (Å²) in [6, 6.07) is 14.4. The van der Waals surface area contributed by atoms with Crippen LogP contribution in [0.2, 0.25) is 0 Å². The molecular formula is C21H16N2O5S. The molecular weight excluding hydrogens is 392 g/mol. The Morgan fingerprint density at radius 3 is 2.90 bits per heavy atom. The summed E-state index contributed by atoms with van der Waals surface area (Å²) in [6.07, 6.45) is 1.59. The molecule has 0 saturated heterocycles. The molecule has 2 aromatic carbocycles. The zero-order valence-electron chi connectivity index (χ0n) is 15.5. The van der Waals surface area contributed by atoms with Gasteiger partial charge in [0.1, 0.15) is 11.5 Å². The van der Waals surface area contributed by atoms with Gasteiger partial charge in [-0.25, -0.2) is 4.98 Å². The van der Waals surface area contributed by atoms with E-state index in [0.29, 0.717) is 33.7 Å². The van der Waals surface area contributed by atoms with Crippen molar-refractivity contribution in [2.24, 2.45) is 0 Å². The summed E-state index contributed by atoms with van der Waals surface area (Å²) < 4.78 is 22.5. The van der Waals surface area contributed by atoms with Crippen LogP contribution in [0.1, 0.15) is 16.1 Å². The maximum atomic E-state index is 13.4. The third kappa shape index (κ3) is 3.27. The predicted molar refractivity (Wildman–Crippen MR) is 108 cm³/mol. The van der Waals surface area contributed by atoms with Gasteiger partial charge in [-0.3, -0.25) is 9.69 Å². The molecule has 0 bridgehead atoms. The molecule has 0 radical (unpaired) electrons. The molecule has 5 rings (SSSR count). The van der Waals surface area contributed by atoms with Gasteiger partial charge in [-0.1, -0.05) is 11.3 Å². The first kappa shape index (κ1) is 17.6. The van der Waals surface area contributed by atoms with E-state index < -0.39 is 0 Å². The minimum absolute atomic E-state index is 0.156. The van der Waals surface area contributed by atoms with Gasteiger partial charge in [0.15, 0.2) is 16.6 Å². The summed E-state index contributed by atoms with van der Waals surface area (Å²) in [6.45, 7) is 0.417. The Bertz CT molecular complexity index is 1190. The van der Waals surface area contributed by atoms with Gasteiger partial charge < -0.3 is 18.6 Å². The third-order valence-corrected chi connectivity index (χ3v) is 5.63. The number of ether oxygens (including phenoxy) is 3. The quantitative estimate of drug-likeness (QED) is 0.485. The zero-order chi connectivity index (χ0) is 19.8. The Hall–Kier alpha value is -3.52. The van der Waals surface area contributed by atoms with Crippen LogP contribution in [-0.2, 0) is 6.54 Å². The van der Waals surface area contributed by atoms with E-state index in [4.69, 9.17) is 18.6 Å². The van der Waals surface area contributed by atoms with E-state index in [0.717, 1.165) is 10.2 Å². The molecule has 0 atom stereocenters. The van der Waals surface area contributed by atoms with Crippen molar-refractivity contribution >= 4 is 32.6 Å². The number of nitrogens with zero attached hydrogens (tertiary/aromatic N) is 2. The number of fused-ring (bicyclic) bond motifs is 2. The molecule has 0 unspecified atom stereocenters. The van der Waals surface area contributed by atoms with Crippen LogP contribution in [0.15, 0.2) is 59.2 Å². The Labute approximate surface area is 170 Å². The number of thiazole rings is 1. The Kier molecular flexibility index (Phi) is 4.33. The molecule has 0 aliphatic carbocycles. The summed E-state index contributed by atoms with van der Waals surface area (Å²) in [4.78, 5) is 19.7. The first-order chi connectivity index (χ1) is 14.2. The molecule has 1 aliphatic heterocycles. The van der Waals surface area contributed by atoms with Crippen molar-refractivity contribution < 1.29 is 23.4 Å². The number of hydrogen-bond acceptors (Lipinski definition) is 7. The fraction of sp³-hybridized carbons (Fsp3) is 0.143. The standard InChI is InChI=1S/C21H16N2O5S/c1-25-14-5-7-19-16(10-14)22-21(29-19)23(11-15-3-2-8-26-15)20(24)13-4-6-17-18(9-13)28-12-27-17/h2-10H,11-12H2,1H3. The Morgan fingerprint density at radius 1 is 1.17 bits per heavy atom.